The van der Waals surface area contributed by atoms with Crippen LogP contribution in [0.4, 0.5) is 4.79 Å². The molecule has 122 valence electrons. The molecule has 2 heterocycles. The first-order chi connectivity index (χ1) is 9.92. The van der Waals surface area contributed by atoms with E-state index in [1.54, 1.807) is 0 Å². The highest BCUT2D eigenvalue weighted by Gasteiger charge is 2.49. The monoisotopic (exact) mass is 298 g/mol. The van der Waals surface area contributed by atoms with Gasteiger partial charge >= 0.3 is 6.09 Å². The first-order valence-corrected chi connectivity index (χ1v) is 8.25. The topological polar surface area (TPSA) is 61.8 Å². The van der Waals surface area contributed by atoms with Gasteiger partial charge in [-0.3, -0.25) is 0 Å². The molecule has 2 bridgehead atoms. The zero-order valence-corrected chi connectivity index (χ0v) is 13.6. The van der Waals surface area contributed by atoms with Gasteiger partial charge < -0.3 is 20.1 Å². The number of hydrogen-bond donors (Lipinski definition) is 2. The third-order valence-electron chi connectivity index (χ3n) is 4.44. The van der Waals surface area contributed by atoms with Crippen LogP contribution in [0.5, 0.6) is 0 Å². The number of aliphatic hydroxyl groups excluding tert-OH is 1. The molecule has 2 fully saturated rings. The molecule has 2 saturated heterocycles. The highest BCUT2D eigenvalue weighted by molar-refractivity contribution is 5.70. The highest BCUT2D eigenvalue weighted by Crippen LogP contribution is 2.42. The molecule has 0 aromatic rings. The van der Waals surface area contributed by atoms with Crippen molar-refractivity contribution in [2.45, 2.75) is 70.6 Å². The maximum atomic E-state index is 12.3. The number of hydrogen-bond acceptors (Lipinski definition) is 4. The van der Waals surface area contributed by atoms with Gasteiger partial charge in [0.05, 0.1) is 0 Å². The van der Waals surface area contributed by atoms with E-state index < -0.39 is 5.60 Å². The van der Waals surface area contributed by atoms with E-state index in [1.807, 2.05) is 25.7 Å². The average Bonchev–Trinajstić information content (AvgIpc) is 2.93. The summed E-state index contributed by atoms with van der Waals surface area (Å²) < 4.78 is 5.55. The van der Waals surface area contributed by atoms with E-state index in [9.17, 15) is 4.79 Å². The van der Waals surface area contributed by atoms with Gasteiger partial charge in [0.25, 0.3) is 0 Å². The molecule has 0 saturated carbocycles. The zero-order chi connectivity index (χ0) is 15.5. The first-order valence-electron chi connectivity index (χ1n) is 8.25. The van der Waals surface area contributed by atoms with Crippen molar-refractivity contribution in [1.29, 1.82) is 0 Å². The highest BCUT2D eigenvalue weighted by atomic mass is 16.6. The van der Waals surface area contributed by atoms with Gasteiger partial charge in [0.15, 0.2) is 0 Å². The van der Waals surface area contributed by atoms with Crippen LogP contribution in [0.2, 0.25) is 0 Å². The molecule has 5 heteroatoms. The number of amides is 1. The minimum Gasteiger partial charge on any atom is -0.444 e. The maximum Gasteiger partial charge on any atom is 0.410 e. The van der Waals surface area contributed by atoms with Crippen LogP contribution in [-0.2, 0) is 4.74 Å². The van der Waals surface area contributed by atoms with E-state index in [0.29, 0.717) is 18.0 Å². The number of ether oxygens (including phenoxy) is 1. The number of aliphatic hydroxyl groups is 1. The number of unbranched alkanes of at least 4 members (excludes halogenated alkanes) is 1. The van der Waals surface area contributed by atoms with Crippen molar-refractivity contribution in [1.82, 2.24) is 10.2 Å². The number of rotatable bonds is 6. The molecule has 21 heavy (non-hydrogen) atoms. The van der Waals surface area contributed by atoms with Gasteiger partial charge in [0, 0.05) is 18.7 Å². The van der Waals surface area contributed by atoms with E-state index in [1.165, 1.54) is 0 Å². The van der Waals surface area contributed by atoms with Crippen LogP contribution in [-0.4, -0.2) is 53.5 Å². The summed E-state index contributed by atoms with van der Waals surface area (Å²) in [4.78, 5) is 14.3. The summed E-state index contributed by atoms with van der Waals surface area (Å²) in [6.45, 7) is 7.93. The largest absolute Gasteiger partial charge is 0.444 e. The van der Waals surface area contributed by atoms with Gasteiger partial charge in [0.1, 0.15) is 5.60 Å². The molecule has 5 nitrogen and oxygen atoms in total. The van der Waals surface area contributed by atoms with Crippen LogP contribution >= 0.6 is 0 Å². The number of fused-ring (bicyclic) bond motifs is 2. The number of nitrogens with one attached hydrogen (secondary N) is 1. The van der Waals surface area contributed by atoms with E-state index in [2.05, 4.69) is 5.32 Å². The summed E-state index contributed by atoms with van der Waals surface area (Å²) in [6.07, 6.45) is 5.04. The molecule has 2 aliphatic rings. The molecule has 0 aromatic heterocycles. The number of nitrogens with zero attached hydrogens (tertiary/aromatic N) is 1. The van der Waals surface area contributed by atoms with E-state index in [4.69, 9.17) is 9.84 Å². The van der Waals surface area contributed by atoms with Crippen LogP contribution in [0.25, 0.3) is 0 Å². The standard InChI is InChI=1S/C16H30N2O3/c1-16(2,3)21-15(20)18-13-6-7-14(18)12(10-13)11-17-8-4-5-9-19/h12-14,17,19H,4-11H2,1-3H3. The van der Waals surface area contributed by atoms with Crippen LogP contribution in [0.3, 0.4) is 0 Å². The molecule has 0 aromatic carbocycles. The lowest BCUT2D eigenvalue weighted by atomic mass is 9.89. The van der Waals surface area contributed by atoms with Crippen LogP contribution in [0.1, 0.15) is 52.9 Å². The van der Waals surface area contributed by atoms with Crippen molar-refractivity contribution < 1.29 is 14.6 Å². The fourth-order valence-electron chi connectivity index (χ4n) is 3.58. The molecule has 2 N–H and O–H groups in total. The second-order valence-electron chi connectivity index (χ2n) is 7.32. The Morgan fingerprint density at radius 1 is 1.33 bits per heavy atom. The van der Waals surface area contributed by atoms with Gasteiger partial charge in [-0.15, -0.1) is 0 Å². The van der Waals surface area contributed by atoms with Gasteiger partial charge in [-0.05, 0) is 71.9 Å². The minimum atomic E-state index is -0.419. The normalized spacial score (nSPS) is 28.2. The summed E-state index contributed by atoms with van der Waals surface area (Å²) in [7, 11) is 0. The SMILES string of the molecule is CC(C)(C)OC(=O)N1C2CCC1C(CNCCCCO)C2. The summed E-state index contributed by atoms with van der Waals surface area (Å²) in [5.41, 5.74) is -0.419. The quantitative estimate of drug-likeness (QED) is 0.738. The summed E-state index contributed by atoms with van der Waals surface area (Å²) in [5.74, 6) is 0.547. The van der Waals surface area contributed by atoms with E-state index in [-0.39, 0.29) is 12.7 Å². The number of carbonyl (C=O) groups excluding carboxylic acids is 1. The molecule has 2 rings (SSSR count). The maximum absolute atomic E-state index is 12.3. The lowest BCUT2D eigenvalue weighted by molar-refractivity contribution is 0.0205. The van der Waals surface area contributed by atoms with Gasteiger partial charge in [-0.2, -0.15) is 0 Å². The Hall–Kier alpha value is -0.810. The Balaban J connectivity index is 1.80. The summed E-state index contributed by atoms with van der Waals surface area (Å²) >= 11 is 0. The summed E-state index contributed by atoms with van der Waals surface area (Å²) in [5, 5.41) is 12.2. The van der Waals surface area contributed by atoms with Crippen molar-refractivity contribution in [2.75, 3.05) is 19.7 Å². The Bertz CT molecular complexity index is 354. The fraction of sp³-hybridized carbons (Fsp3) is 0.938. The van der Waals surface area contributed by atoms with Crippen molar-refractivity contribution in [3.05, 3.63) is 0 Å². The molecule has 0 radical (unpaired) electrons. The van der Waals surface area contributed by atoms with Crippen molar-refractivity contribution in [3.63, 3.8) is 0 Å². The number of carbonyl (C=O) groups is 1. The first kappa shape index (κ1) is 16.6. The Kier molecular flexibility index (Phi) is 5.49. The third-order valence-corrected chi connectivity index (χ3v) is 4.44. The Morgan fingerprint density at radius 2 is 2.10 bits per heavy atom. The van der Waals surface area contributed by atoms with Gasteiger partial charge in [0.2, 0.25) is 0 Å². The molecule has 0 aliphatic carbocycles. The second-order valence-corrected chi connectivity index (χ2v) is 7.32. The smallest absolute Gasteiger partial charge is 0.410 e. The lowest BCUT2D eigenvalue weighted by Gasteiger charge is -2.28. The van der Waals surface area contributed by atoms with Crippen molar-refractivity contribution in [3.8, 4) is 0 Å². The predicted molar refractivity (Wildman–Crippen MR) is 82.2 cm³/mol. The van der Waals surface area contributed by atoms with Crippen LogP contribution in [0, 0.1) is 5.92 Å². The summed E-state index contributed by atoms with van der Waals surface area (Å²) in [6, 6.07) is 0.712. The van der Waals surface area contributed by atoms with Gasteiger partial charge in [-0.25, -0.2) is 4.79 Å². The molecular formula is C16H30N2O3. The van der Waals surface area contributed by atoms with Crippen LogP contribution in [0.15, 0.2) is 0 Å². The molecule has 3 atom stereocenters. The molecule has 2 aliphatic heterocycles. The Labute approximate surface area is 128 Å². The molecule has 0 spiro atoms. The van der Waals surface area contributed by atoms with E-state index in [0.717, 1.165) is 45.2 Å². The average molecular weight is 298 g/mol. The molecule has 1 amide bonds. The predicted octanol–water partition coefficient (Wildman–Crippen LogP) is 2.14. The molecular weight excluding hydrogens is 268 g/mol. The third kappa shape index (κ3) is 4.33. The zero-order valence-electron chi connectivity index (χ0n) is 13.6. The Morgan fingerprint density at radius 3 is 2.76 bits per heavy atom. The lowest BCUT2D eigenvalue weighted by Crippen LogP contribution is -2.41. The minimum absolute atomic E-state index is 0.141. The van der Waals surface area contributed by atoms with E-state index >= 15 is 0 Å². The fourth-order valence-corrected chi connectivity index (χ4v) is 3.58. The van der Waals surface area contributed by atoms with Crippen molar-refractivity contribution >= 4 is 6.09 Å². The van der Waals surface area contributed by atoms with Gasteiger partial charge in [-0.1, -0.05) is 0 Å². The van der Waals surface area contributed by atoms with Crippen LogP contribution < -0.4 is 5.32 Å². The van der Waals surface area contributed by atoms with Crippen molar-refractivity contribution in [2.24, 2.45) is 5.92 Å². The molecule has 3 unspecified atom stereocenters. The second kappa shape index (κ2) is 6.97.